The number of anilines is 1. The SMILES string of the molecule is C=CCn1cc(-c2ccc(S(=O)(=O)Nc3cc(F)c(C(=O)N[C@@H](Cc4ccc(-n5c(=O)c6ccncc6n(C)c5=O)cn4)C(=O)O)cc3F)cc2)cnc1=O. The number of carbonyl (C=O) groups excluding carboxylic acids is 1. The van der Waals surface area contributed by atoms with E-state index in [2.05, 4.69) is 26.8 Å². The Morgan fingerprint density at radius 1 is 0.964 bits per heavy atom. The topological polar surface area (TPSA) is 217 Å². The van der Waals surface area contributed by atoms with Crippen molar-refractivity contribution in [3.63, 3.8) is 0 Å². The van der Waals surface area contributed by atoms with Gasteiger partial charge < -0.3 is 10.4 Å². The number of hydrogen-bond donors (Lipinski definition) is 3. The van der Waals surface area contributed by atoms with E-state index in [0.717, 1.165) is 4.57 Å². The first-order chi connectivity index (χ1) is 26.2. The predicted molar refractivity (Wildman–Crippen MR) is 194 cm³/mol. The van der Waals surface area contributed by atoms with Crippen LogP contribution in [0.5, 0.6) is 0 Å². The zero-order valence-electron chi connectivity index (χ0n) is 28.5. The molecule has 0 saturated heterocycles. The molecular formula is C36H28F2N8O8S. The number of carboxylic acids is 1. The Labute approximate surface area is 308 Å². The third-order valence-electron chi connectivity index (χ3n) is 8.38. The quantitative estimate of drug-likeness (QED) is 0.154. The zero-order valence-corrected chi connectivity index (χ0v) is 29.3. The monoisotopic (exact) mass is 770 g/mol. The lowest BCUT2D eigenvalue weighted by atomic mass is 10.1. The molecule has 0 saturated carbocycles. The van der Waals surface area contributed by atoms with Gasteiger partial charge in [-0.25, -0.2) is 41.1 Å². The van der Waals surface area contributed by atoms with E-state index in [1.54, 1.807) is 0 Å². The number of nitrogens with zero attached hydrogens (tertiary/aromatic N) is 6. The number of aliphatic carboxylic acids is 1. The predicted octanol–water partition coefficient (Wildman–Crippen LogP) is 2.39. The number of rotatable bonds is 12. The maximum absolute atomic E-state index is 15.2. The third-order valence-corrected chi connectivity index (χ3v) is 9.76. The van der Waals surface area contributed by atoms with Crippen molar-refractivity contribution in [3.05, 3.63) is 152 Å². The summed E-state index contributed by atoms with van der Waals surface area (Å²) < 4.78 is 61.8. The van der Waals surface area contributed by atoms with Crippen molar-refractivity contribution in [3.8, 4) is 16.8 Å². The summed E-state index contributed by atoms with van der Waals surface area (Å²) in [6.45, 7) is 3.78. The molecule has 4 aromatic heterocycles. The van der Waals surface area contributed by atoms with Gasteiger partial charge in [0.25, 0.3) is 21.5 Å². The van der Waals surface area contributed by atoms with E-state index >= 15 is 8.78 Å². The number of nitrogens with one attached hydrogen (secondary N) is 2. The van der Waals surface area contributed by atoms with E-state index in [1.807, 2.05) is 4.72 Å². The minimum absolute atomic E-state index is 0.0797. The van der Waals surface area contributed by atoms with Crippen LogP contribution in [0.2, 0.25) is 0 Å². The Kier molecular flexibility index (Phi) is 10.3. The van der Waals surface area contributed by atoms with Gasteiger partial charge in [0.05, 0.1) is 45.1 Å². The molecule has 6 rings (SSSR count). The summed E-state index contributed by atoms with van der Waals surface area (Å²) in [4.78, 5) is 74.5. The number of pyridine rings is 2. The second-order valence-electron chi connectivity index (χ2n) is 12.0. The first-order valence-corrected chi connectivity index (χ1v) is 17.5. The number of hydrogen-bond acceptors (Lipinski definition) is 10. The molecule has 2 aromatic carbocycles. The van der Waals surface area contributed by atoms with Gasteiger partial charge in [-0.15, -0.1) is 6.58 Å². The number of fused-ring (bicyclic) bond motifs is 1. The molecule has 0 aliphatic carbocycles. The van der Waals surface area contributed by atoms with Gasteiger partial charge in [0.15, 0.2) is 0 Å². The Balaban J connectivity index is 1.16. The van der Waals surface area contributed by atoms with E-state index in [-0.39, 0.29) is 28.2 Å². The average Bonchev–Trinajstić information content (AvgIpc) is 3.16. The molecule has 0 fully saturated rings. The smallest absolute Gasteiger partial charge is 0.347 e. The molecule has 6 aromatic rings. The minimum Gasteiger partial charge on any atom is -0.480 e. The number of allylic oxidation sites excluding steroid dienone is 1. The number of aryl methyl sites for hydroxylation is 1. The maximum atomic E-state index is 15.2. The molecule has 1 atom stereocenters. The van der Waals surface area contributed by atoms with Crippen LogP contribution in [0.25, 0.3) is 27.7 Å². The fourth-order valence-electron chi connectivity index (χ4n) is 5.54. The van der Waals surface area contributed by atoms with Gasteiger partial charge in [0.1, 0.15) is 17.7 Å². The van der Waals surface area contributed by atoms with E-state index in [4.69, 9.17) is 0 Å². The lowest BCUT2D eigenvalue weighted by molar-refractivity contribution is -0.139. The molecule has 19 heteroatoms. The van der Waals surface area contributed by atoms with E-state index < -0.39 is 74.2 Å². The summed E-state index contributed by atoms with van der Waals surface area (Å²) in [6.07, 6.45) is 7.84. The van der Waals surface area contributed by atoms with Crippen LogP contribution in [0, 0.1) is 11.6 Å². The summed E-state index contributed by atoms with van der Waals surface area (Å²) in [5.41, 5.74) is -2.05. The molecule has 3 N–H and O–H groups in total. The van der Waals surface area contributed by atoms with Crippen LogP contribution in [-0.2, 0) is 34.8 Å². The van der Waals surface area contributed by atoms with Gasteiger partial charge in [-0.1, -0.05) is 18.2 Å². The number of sulfonamides is 1. The van der Waals surface area contributed by atoms with Crippen LogP contribution in [0.1, 0.15) is 16.1 Å². The lowest BCUT2D eigenvalue weighted by Gasteiger charge is -2.16. The maximum Gasteiger partial charge on any atom is 0.347 e. The average molecular weight is 771 g/mol. The third kappa shape index (κ3) is 7.67. The highest BCUT2D eigenvalue weighted by Gasteiger charge is 2.26. The molecule has 280 valence electrons. The molecule has 1 amide bonds. The van der Waals surface area contributed by atoms with Crippen LogP contribution in [0.3, 0.4) is 0 Å². The summed E-state index contributed by atoms with van der Waals surface area (Å²) in [6, 6.07) is 8.55. The summed E-state index contributed by atoms with van der Waals surface area (Å²) in [5, 5.41) is 12.1. The fourth-order valence-corrected chi connectivity index (χ4v) is 6.60. The first-order valence-electron chi connectivity index (χ1n) is 16.0. The summed E-state index contributed by atoms with van der Waals surface area (Å²) in [7, 11) is -3.02. The summed E-state index contributed by atoms with van der Waals surface area (Å²) in [5.74, 6) is -5.56. The number of carboxylic acid groups (broad SMARTS) is 1. The van der Waals surface area contributed by atoms with Crippen molar-refractivity contribution >= 4 is 38.5 Å². The normalized spacial score (nSPS) is 11.9. The molecular weight excluding hydrogens is 743 g/mol. The highest BCUT2D eigenvalue weighted by atomic mass is 32.2. The zero-order chi connectivity index (χ0) is 39.6. The number of halogens is 2. The van der Waals surface area contributed by atoms with Crippen molar-refractivity contribution in [2.24, 2.45) is 7.05 Å². The molecule has 55 heavy (non-hydrogen) atoms. The Morgan fingerprint density at radius 2 is 1.71 bits per heavy atom. The second-order valence-corrected chi connectivity index (χ2v) is 13.6. The lowest BCUT2D eigenvalue weighted by Crippen LogP contribution is -2.42. The molecule has 4 heterocycles. The Hall–Kier alpha value is -7.15. The molecule has 0 bridgehead atoms. The van der Waals surface area contributed by atoms with Crippen molar-refractivity contribution in [1.82, 2.24) is 34.0 Å². The number of carbonyl (C=O) groups is 2. The molecule has 0 spiro atoms. The fraction of sp³-hybridized carbons (Fsp3) is 0.111. The molecule has 0 aliphatic rings. The second kappa shape index (κ2) is 15.1. The Bertz CT molecular complexity index is 2800. The van der Waals surface area contributed by atoms with Gasteiger partial charge in [0, 0.05) is 55.9 Å². The van der Waals surface area contributed by atoms with E-state index in [0.29, 0.717) is 28.8 Å². The standard InChI is InChI=1S/C36H28F2N8O8S/c1-3-12-45-19-21(16-41-35(45)51)20-4-8-24(9-5-20)55(53,54)43-29-15-27(37)26(14-28(29)38)32(47)42-30(34(49)50)13-22-6-7-23(17-40-22)46-33(48)25-10-11-39-18-31(25)44(2)36(46)52/h3-11,14-19,30,43H,1,12-13H2,2H3,(H,42,47)(H,49,50)/t30-/m0/s1. The largest absolute Gasteiger partial charge is 0.480 e. The molecule has 16 nitrogen and oxygen atoms in total. The highest BCUT2D eigenvalue weighted by molar-refractivity contribution is 7.92. The van der Waals surface area contributed by atoms with Crippen LogP contribution in [-0.4, -0.2) is 60.1 Å². The van der Waals surface area contributed by atoms with Crippen LogP contribution in [0.15, 0.2) is 118 Å². The minimum atomic E-state index is -4.48. The molecule has 0 aliphatic heterocycles. The van der Waals surface area contributed by atoms with Gasteiger partial charge >= 0.3 is 17.3 Å². The van der Waals surface area contributed by atoms with Crippen molar-refractivity contribution in [1.29, 1.82) is 0 Å². The van der Waals surface area contributed by atoms with Crippen LogP contribution >= 0.6 is 0 Å². The molecule has 0 radical (unpaired) electrons. The van der Waals surface area contributed by atoms with E-state index in [9.17, 15) is 37.5 Å². The van der Waals surface area contributed by atoms with Gasteiger partial charge in [-0.05, 0) is 42.0 Å². The van der Waals surface area contributed by atoms with Crippen LogP contribution < -0.4 is 27.0 Å². The summed E-state index contributed by atoms with van der Waals surface area (Å²) >= 11 is 0. The Morgan fingerprint density at radius 3 is 2.38 bits per heavy atom. The highest BCUT2D eigenvalue weighted by Crippen LogP contribution is 2.25. The van der Waals surface area contributed by atoms with Gasteiger partial charge in [0.2, 0.25) is 0 Å². The van der Waals surface area contributed by atoms with Gasteiger partial charge in [-0.3, -0.25) is 33.4 Å². The van der Waals surface area contributed by atoms with Crippen LogP contribution in [0.4, 0.5) is 14.5 Å². The number of amides is 1. The number of aromatic nitrogens is 6. The number of benzene rings is 2. The van der Waals surface area contributed by atoms with Gasteiger partial charge in [-0.2, -0.15) is 0 Å². The van der Waals surface area contributed by atoms with Crippen molar-refractivity contribution in [2.75, 3.05) is 4.72 Å². The van der Waals surface area contributed by atoms with Crippen molar-refractivity contribution < 1.29 is 31.9 Å². The first kappa shape index (κ1) is 37.6. The molecule has 0 unspecified atom stereocenters. The van der Waals surface area contributed by atoms with Crippen molar-refractivity contribution in [2.45, 2.75) is 23.9 Å². The van der Waals surface area contributed by atoms with E-state index in [1.165, 1.54) is 95.7 Å².